The second-order valence-electron chi connectivity index (χ2n) is 8.49. The van der Waals surface area contributed by atoms with Crippen LogP contribution in [0.1, 0.15) is 15.4 Å². The van der Waals surface area contributed by atoms with Crippen molar-refractivity contribution in [2.24, 2.45) is 0 Å². The second-order valence-corrected chi connectivity index (χ2v) is 9.44. The Hall–Kier alpha value is -4.83. The number of hydrogen-bond acceptors (Lipinski definition) is 7. The molecule has 0 unspecified atom stereocenters. The van der Waals surface area contributed by atoms with Gasteiger partial charge in [0.2, 0.25) is 11.9 Å². The molecule has 5 rings (SSSR count). The number of benzene rings is 2. The van der Waals surface area contributed by atoms with Crippen LogP contribution >= 0.6 is 11.3 Å². The second kappa shape index (κ2) is 11.7. The monoisotopic (exact) mass is 542 g/mol. The Bertz CT molecular complexity index is 1550. The maximum Gasteiger partial charge on any atom is 0.264 e. The van der Waals surface area contributed by atoms with Crippen molar-refractivity contribution in [1.82, 2.24) is 14.5 Å². The number of imidazole rings is 1. The number of hydrogen-bond donors (Lipinski definition) is 1. The molecule has 0 atom stereocenters. The van der Waals surface area contributed by atoms with Crippen molar-refractivity contribution < 1.29 is 23.5 Å². The maximum atomic E-state index is 13.3. The number of aromatic nitrogens is 2. The highest BCUT2D eigenvalue weighted by Crippen LogP contribution is 2.32. The Morgan fingerprint density at radius 3 is 2.51 bits per heavy atom. The van der Waals surface area contributed by atoms with E-state index in [2.05, 4.69) is 5.32 Å². The van der Waals surface area contributed by atoms with Gasteiger partial charge in [-0.25, -0.2) is 4.98 Å². The lowest BCUT2D eigenvalue weighted by atomic mass is 10.2. The van der Waals surface area contributed by atoms with Gasteiger partial charge < -0.3 is 18.8 Å². The summed E-state index contributed by atoms with van der Waals surface area (Å²) in [4.78, 5) is 33.2. The van der Waals surface area contributed by atoms with E-state index in [9.17, 15) is 9.59 Å². The highest BCUT2D eigenvalue weighted by molar-refractivity contribution is 7.12. The first-order valence-corrected chi connectivity index (χ1v) is 13.0. The zero-order valence-corrected chi connectivity index (χ0v) is 22.2. The minimum Gasteiger partial charge on any atom is -0.493 e. The van der Waals surface area contributed by atoms with Crippen molar-refractivity contribution in [1.29, 1.82) is 0 Å². The fourth-order valence-electron chi connectivity index (χ4n) is 4.07. The van der Waals surface area contributed by atoms with Gasteiger partial charge in [-0.15, -0.1) is 11.3 Å². The van der Waals surface area contributed by atoms with E-state index in [0.29, 0.717) is 39.5 Å². The van der Waals surface area contributed by atoms with Gasteiger partial charge in [0.05, 0.1) is 43.3 Å². The number of nitrogens with zero attached hydrogens (tertiary/aromatic N) is 3. The number of nitrogens with one attached hydrogen (secondary N) is 1. The molecule has 9 nitrogen and oxygen atoms in total. The van der Waals surface area contributed by atoms with Gasteiger partial charge in [-0.05, 0) is 35.7 Å². The summed E-state index contributed by atoms with van der Waals surface area (Å²) in [5.74, 6) is 1.32. The van der Waals surface area contributed by atoms with Crippen LogP contribution in [0, 0.1) is 0 Å². The van der Waals surface area contributed by atoms with E-state index < -0.39 is 5.91 Å². The number of carbonyl (C=O) groups is 2. The molecule has 5 aromatic rings. The summed E-state index contributed by atoms with van der Waals surface area (Å²) < 4.78 is 18.1. The number of ether oxygens (including phenoxy) is 2. The predicted octanol–water partition coefficient (Wildman–Crippen LogP) is 5.49. The van der Waals surface area contributed by atoms with Gasteiger partial charge in [-0.3, -0.25) is 19.5 Å². The summed E-state index contributed by atoms with van der Waals surface area (Å²) >= 11 is 1.32. The molecule has 0 aliphatic rings. The van der Waals surface area contributed by atoms with E-state index in [1.807, 2.05) is 48.0 Å². The fraction of sp³-hybridized carbons (Fsp3) is 0.138. The van der Waals surface area contributed by atoms with Crippen molar-refractivity contribution in [3.05, 3.63) is 101 Å². The summed E-state index contributed by atoms with van der Waals surface area (Å²) in [5.41, 5.74) is 2.27. The molecule has 2 aromatic carbocycles. The van der Waals surface area contributed by atoms with Gasteiger partial charge in [0.25, 0.3) is 5.91 Å². The average Bonchev–Trinajstić information content (AvgIpc) is 3.75. The third-order valence-electron chi connectivity index (χ3n) is 5.95. The number of amides is 2. The highest BCUT2D eigenvalue weighted by atomic mass is 32.1. The van der Waals surface area contributed by atoms with Crippen LogP contribution in [-0.2, 0) is 11.3 Å². The largest absolute Gasteiger partial charge is 0.493 e. The molecule has 0 aliphatic carbocycles. The molecule has 39 heavy (non-hydrogen) atoms. The van der Waals surface area contributed by atoms with Gasteiger partial charge >= 0.3 is 0 Å². The fourth-order valence-corrected chi connectivity index (χ4v) is 4.76. The predicted molar refractivity (Wildman–Crippen MR) is 149 cm³/mol. The van der Waals surface area contributed by atoms with Crippen LogP contribution in [0.25, 0.3) is 16.9 Å². The Morgan fingerprint density at radius 1 is 1.00 bits per heavy atom. The summed E-state index contributed by atoms with van der Waals surface area (Å²) in [7, 11) is 3.13. The minimum absolute atomic E-state index is 0.149. The maximum absolute atomic E-state index is 13.3. The lowest BCUT2D eigenvalue weighted by molar-refractivity contribution is -0.117. The van der Waals surface area contributed by atoms with Crippen molar-refractivity contribution in [3.63, 3.8) is 0 Å². The van der Waals surface area contributed by atoms with Crippen LogP contribution in [0.15, 0.2) is 95.1 Å². The Labute approximate surface area is 229 Å². The molecular formula is C29H26N4O5S. The number of methoxy groups -OCH3 is 2. The molecule has 0 aliphatic heterocycles. The number of thiophene rings is 1. The van der Waals surface area contributed by atoms with Crippen molar-refractivity contribution in [2.75, 3.05) is 26.1 Å². The lowest BCUT2D eigenvalue weighted by Gasteiger charge is -2.20. The first kappa shape index (κ1) is 25.8. The first-order chi connectivity index (χ1) is 19.1. The zero-order chi connectivity index (χ0) is 27.2. The SMILES string of the molecule is COc1ccc(-n2cc(-c3ccccc3)nc2NC(=O)CN(Cc2ccco2)C(=O)c2cccs2)cc1OC. The van der Waals surface area contributed by atoms with E-state index in [-0.39, 0.29) is 19.0 Å². The molecule has 0 fully saturated rings. The summed E-state index contributed by atoms with van der Waals surface area (Å²) in [6.45, 7) is -0.0482. The molecular weight excluding hydrogens is 516 g/mol. The number of rotatable bonds is 10. The van der Waals surface area contributed by atoms with Gasteiger partial charge in [-0.1, -0.05) is 36.4 Å². The van der Waals surface area contributed by atoms with E-state index in [4.69, 9.17) is 18.9 Å². The van der Waals surface area contributed by atoms with Crippen LogP contribution in [0.2, 0.25) is 0 Å². The molecule has 0 radical (unpaired) electrons. The average molecular weight is 543 g/mol. The number of anilines is 1. The Morgan fingerprint density at radius 2 is 1.82 bits per heavy atom. The molecule has 0 saturated carbocycles. The number of carbonyl (C=O) groups excluding carboxylic acids is 2. The van der Waals surface area contributed by atoms with Gasteiger partial charge in [0.1, 0.15) is 12.3 Å². The van der Waals surface area contributed by atoms with Crippen LogP contribution < -0.4 is 14.8 Å². The molecule has 0 spiro atoms. The molecule has 198 valence electrons. The molecule has 3 aromatic heterocycles. The van der Waals surface area contributed by atoms with E-state index in [1.165, 1.54) is 22.5 Å². The smallest absolute Gasteiger partial charge is 0.264 e. The number of furan rings is 1. The van der Waals surface area contributed by atoms with Crippen LogP contribution in [0.5, 0.6) is 11.5 Å². The van der Waals surface area contributed by atoms with Gasteiger partial charge in [0, 0.05) is 17.8 Å². The summed E-state index contributed by atoms with van der Waals surface area (Å²) in [5, 5.41) is 4.72. The standard InChI is InChI=1S/C29H26N4O5S/c1-36-24-13-12-21(16-25(24)37-2)33-18-23(20-8-4-3-5-9-20)30-29(33)31-27(34)19-32(17-22-10-6-14-38-22)28(35)26-11-7-15-39-26/h3-16,18H,17,19H2,1-2H3,(H,30,31,34). The lowest BCUT2D eigenvalue weighted by Crippen LogP contribution is -2.37. The Kier molecular flexibility index (Phi) is 7.74. The molecule has 2 amide bonds. The van der Waals surface area contributed by atoms with Gasteiger partial charge in [-0.2, -0.15) is 0 Å². The third-order valence-corrected chi connectivity index (χ3v) is 6.81. The third kappa shape index (κ3) is 5.86. The molecule has 0 bridgehead atoms. The minimum atomic E-state index is -0.404. The van der Waals surface area contributed by atoms with Crippen molar-refractivity contribution in [2.45, 2.75) is 6.54 Å². The molecule has 0 saturated heterocycles. The van der Waals surface area contributed by atoms with Crippen LogP contribution in [0.3, 0.4) is 0 Å². The van der Waals surface area contributed by atoms with E-state index in [1.54, 1.807) is 55.2 Å². The molecule has 10 heteroatoms. The quantitative estimate of drug-likeness (QED) is 0.251. The highest BCUT2D eigenvalue weighted by Gasteiger charge is 2.23. The van der Waals surface area contributed by atoms with Gasteiger partial charge in [0.15, 0.2) is 11.5 Å². The van der Waals surface area contributed by atoms with E-state index in [0.717, 1.165) is 5.56 Å². The van der Waals surface area contributed by atoms with Crippen LogP contribution in [0.4, 0.5) is 5.95 Å². The summed E-state index contributed by atoms with van der Waals surface area (Å²) in [6, 6.07) is 22.1. The van der Waals surface area contributed by atoms with Crippen molar-refractivity contribution >= 4 is 29.1 Å². The first-order valence-electron chi connectivity index (χ1n) is 12.1. The zero-order valence-electron chi connectivity index (χ0n) is 21.4. The van der Waals surface area contributed by atoms with E-state index >= 15 is 0 Å². The van der Waals surface area contributed by atoms with Crippen molar-refractivity contribution in [3.8, 4) is 28.4 Å². The normalized spacial score (nSPS) is 10.7. The molecule has 1 N–H and O–H groups in total. The molecule has 3 heterocycles. The topological polar surface area (TPSA) is 98.8 Å². The summed E-state index contributed by atoms with van der Waals surface area (Å²) in [6.07, 6.45) is 3.37. The van der Waals surface area contributed by atoms with Crippen LogP contribution in [-0.4, -0.2) is 47.0 Å². The Balaban J connectivity index is 1.45.